The smallest absolute Gasteiger partial charge is 0.322 e. The number of hydrogen-bond donors (Lipinski definition) is 2. The number of ether oxygens (including phenoxy) is 1. The van der Waals surface area contributed by atoms with Crippen molar-refractivity contribution in [1.29, 1.82) is 0 Å². The monoisotopic (exact) mass is 394 g/mol. The van der Waals surface area contributed by atoms with Crippen LogP contribution in [0.4, 0.5) is 10.5 Å². The number of anilines is 1. The first-order valence-electron chi connectivity index (χ1n) is 8.38. The summed E-state index contributed by atoms with van der Waals surface area (Å²) in [7, 11) is -1.54. The SMILES string of the molecule is Cn1cnc(-c2ccc(NC(=O)N3CCOCC3CNS(C)(=O)=O)cc2)n1. The molecule has 2 aromatic rings. The Morgan fingerprint density at radius 3 is 2.70 bits per heavy atom. The van der Waals surface area contributed by atoms with Crippen LogP contribution >= 0.6 is 0 Å². The van der Waals surface area contributed by atoms with Gasteiger partial charge in [0.25, 0.3) is 0 Å². The van der Waals surface area contributed by atoms with E-state index in [2.05, 4.69) is 20.1 Å². The largest absolute Gasteiger partial charge is 0.377 e. The third-order valence-electron chi connectivity index (χ3n) is 4.06. The predicted molar refractivity (Wildman–Crippen MR) is 99.6 cm³/mol. The van der Waals surface area contributed by atoms with Gasteiger partial charge in [0.1, 0.15) is 6.33 Å². The minimum absolute atomic E-state index is 0.108. The number of aryl methyl sites for hydroxylation is 1. The first-order valence-corrected chi connectivity index (χ1v) is 10.3. The van der Waals surface area contributed by atoms with Crippen molar-refractivity contribution in [3.8, 4) is 11.4 Å². The van der Waals surface area contributed by atoms with Gasteiger partial charge < -0.3 is 15.0 Å². The molecule has 0 spiro atoms. The number of carbonyl (C=O) groups excluding carboxylic acids is 1. The van der Waals surface area contributed by atoms with Crippen LogP contribution in [0, 0.1) is 0 Å². The average molecular weight is 394 g/mol. The maximum Gasteiger partial charge on any atom is 0.322 e. The van der Waals surface area contributed by atoms with Crippen LogP contribution in [0.5, 0.6) is 0 Å². The van der Waals surface area contributed by atoms with Crippen molar-refractivity contribution in [2.24, 2.45) is 7.05 Å². The van der Waals surface area contributed by atoms with Gasteiger partial charge in [-0.15, -0.1) is 0 Å². The molecule has 27 heavy (non-hydrogen) atoms. The van der Waals surface area contributed by atoms with Crippen molar-refractivity contribution in [3.05, 3.63) is 30.6 Å². The maximum absolute atomic E-state index is 12.6. The number of rotatable bonds is 5. The zero-order valence-electron chi connectivity index (χ0n) is 15.1. The van der Waals surface area contributed by atoms with E-state index in [-0.39, 0.29) is 25.2 Å². The average Bonchev–Trinajstić information content (AvgIpc) is 3.06. The number of urea groups is 1. The van der Waals surface area contributed by atoms with E-state index in [9.17, 15) is 13.2 Å². The lowest BCUT2D eigenvalue weighted by atomic mass is 10.2. The second kappa shape index (κ2) is 8.03. The number of nitrogens with one attached hydrogen (secondary N) is 2. The van der Waals surface area contributed by atoms with E-state index in [1.165, 1.54) is 0 Å². The molecule has 0 radical (unpaired) electrons. The Bertz CT molecular complexity index is 896. The number of aromatic nitrogens is 3. The highest BCUT2D eigenvalue weighted by Crippen LogP contribution is 2.18. The van der Waals surface area contributed by atoms with Crippen LogP contribution < -0.4 is 10.0 Å². The van der Waals surface area contributed by atoms with Crippen LogP contribution in [-0.4, -0.2) is 72.7 Å². The Kier molecular flexibility index (Phi) is 5.73. The normalized spacial score (nSPS) is 17.7. The summed E-state index contributed by atoms with van der Waals surface area (Å²) in [6.07, 6.45) is 2.70. The first-order chi connectivity index (χ1) is 12.8. The zero-order valence-corrected chi connectivity index (χ0v) is 15.9. The van der Waals surface area contributed by atoms with Crippen molar-refractivity contribution < 1.29 is 17.9 Å². The van der Waals surface area contributed by atoms with E-state index in [1.807, 2.05) is 12.1 Å². The van der Waals surface area contributed by atoms with Crippen LogP contribution in [0.1, 0.15) is 0 Å². The molecule has 1 aliphatic heterocycles. The van der Waals surface area contributed by atoms with Crippen LogP contribution in [-0.2, 0) is 21.8 Å². The summed E-state index contributed by atoms with van der Waals surface area (Å²) in [5, 5.41) is 7.07. The molecule has 1 aromatic carbocycles. The van der Waals surface area contributed by atoms with Gasteiger partial charge in [0.2, 0.25) is 10.0 Å². The van der Waals surface area contributed by atoms with E-state index < -0.39 is 10.0 Å². The van der Waals surface area contributed by atoms with Crippen LogP contribution in [0.3, 0.4) is 0 Å². The van der Waals surface area contributed by atoms with Gasteiger partial charge in [-0.05, 0) is 24.3 Å². The summed E-state index contributed by atoms with van der Waals surface area (Å²) in [5.74, 6) is 0.607. The highest BCUT2D eigenvalue weighted by molar-refractivity contribution is 7.88. The van der Waals surface area contributed by atoms with Gasteiger partial charge in [0, 0.05) is 31.4 Å². The molecule has 0 aliphatic carbocycles. The molecule has 1 saturated heterocycles. The second-order valence-corrected chi connectivity index (χ2v) is 8.13. The standard InChI is InChI=1S/C16H22N6O4S/c1-21-11-17-15(20-21)12-3-5-13(6-4-12)19-16(23)22-7-8-26-10-14(22)9-18-27(2,24)25/h3-6,11,14,18H,7-10H2,1-2H3,(H,19,23). The number of morpholine rings is 1. The minimum atomic E-state index is -3.34. The summed E-state index contributed by atoms with van der Waals surface area (Å²) in [6.45, 7) is 1.18. The van der Waals surface area contributed by atoms with Gasteiger partial charge in [-0.25, -0.2) is 22.9 Å². The Morgan fingerprint density at radius 2 is 2.07 bits per heavy atom. The van der Waals surface area contributed by atoms with Gasteiger partial charge in [0.15, 0.2) is 5.82 Å². The van der Waals surface area contributed by atoms with Crippen molar-refractivity contribution in [1.82, 2.24) is 24.4 Å². The lowest BCUT2D eigenvalue weighted by molar-refractivity contribution is 0.0176. The molecule has 0 bridgehead atoms. The fraction of sp³-hybridized carbons (Fsp3) is 0.438. The Morgan fingerprint density at radius 1 is 1.33 bits per heavy atom. The van der Waals surface area contributed by atoms with Gasteiger partial charge in [0.05, 0.1) is 25.5 Å². The molecular formula is C16H22N6O4S. The Hall–Kier alpha value is -2.50. The topological polar surface area (TPSA) is 118 Å². The Balaban J connectivity index is 1.64. The first kappa shape index (κ1) is 19.3. The molecule has 11 heteroatoms. The molecule has 2 heterocycles. The van der Waals surface area contributed by atoms with Crippen LogP contribution in [0.25, 0.3) is 11.4 Å². The molecule has 1 atom stereocenters. The number of sulfonamides is 1. The van der Waals surface area contributed by atoms with Crippen molar-refractivity contribution >= 4 is 21.7 Å². The van der Waals surface area contributed by atoms with Crippen molar-refractivity contribution in [2.75, 3.05) is 37.9 Å². The molecule has 1 aliphatic rings. The molecular weight excluding hydrogens is 372 g/mol. The van der Waals surface area contributed by atoms with E-state index in [0.29, 0.717) is 24.7 Å². The molecule has 1 fully saturated rings. The number of carbonyl (C=O) groups is 1. The molecule has 0 saturated carbocycles. The molecule has 3 rings (SSSR count). The Labute approximate surface area is 157 Å². The summed E-state index contributed by atoms with van der Waals surface area (Å²) in [5.41, 5.74) is 1.47. The summed E-state index contributed by atoms with van der Waals surface area (Å²) < 4.78 is 32.0. The molecule has 10 nitrogen and oxygen atoms in total. The zero-order chi connectivity index (χ0) is 19.4. The third-order valence-corrected chi connectivity index (χ3v) is 4.75. The predicted octanol–water partition coefficient (Wildman–Crippen LogP) is 0.264. The van der Waals surface area contributed by atoms with E-state index in [4.69, 9.17) is 4.74 Å². The van der Waals surface area contributed by atoms with Gasteiger partial charge in [-0.3, -0.25) is 4.68 Å². The summed E-state index contributed by atoms with van der Waals surface area (Å²) in [6, 6.07) is 6.52. The third kappa shape index (κ3) is 5.25. The number of hydrogen-bond acceptors (Lipinski definition) is 6. The van der Waals surface area contributed by atoms with Gasteiger partial charge >= 0.3 is 6.03 Å². The van der Waals surface area contributed by atoms with Crippen molar-refractivity contribution in [3.63, 3.8) is 0 Å². The fourth-order valence-electron chi connectivity index (χ4n) is 2.71. The van der Waals surface area contributed by atoms with Gasteiger partial charge in [-0.1, -0.05) is 0 Å². The van der Waals surface area contributed by atoms with Crippen LogP contribution in [0.15, 0.2) is 30.6 Å². The molecule has 2 N–H and O–H groups in total. The molecule has 146 valence electrons. The van der Waals surface area contributed by atoms with E-state index in [1.54, 1.807) is 35.1 Å². The fourth-order valence-corrected chi connectivity index (χ4v) is 3.20. The van der Waals surface area contributed by atoms with E-state index >= 15 is 0 Å². The summed E-state index contributed by atoms with van der Waals surface area (Å²) in [4.78, 5) is 18.4. The summed E-state index contributed by atoms with van der Waals surface area (Å²) >= 11 is 0. The lowest BCUT2D eigenvalue weighted by Crippen LogP contribution is -2.54. The number of benzene rings is 1. The van der Waals surface area contributed by atoms with E-state index in [0.717, 1.165) is 11.8 Å². The van der Waals surface area contributed by atoms with Gasteiger partial charge in [-0.2, -0.15) is 5.10 Å². The molecule has 2 amide bonds. The minimum Gasteiger partial charge on any atom is -0.377 e. The lowest BCUT2D eigenvalue weighted by Gasteiger charge is -2.35. The molecule has 1 aromatic heterocycles. The quantitative estimate of drug-likeness (QED) is 0.751. The molecule has 1 unspecified atom stereocenters. The van der Waals surface area contributed by atoms with Crippen LogP contribution in [0.2, 0.25) is 0 Å². The highest BCUT2D eigenvalue weighted by Gasteiger charge is 2.28. The highest BCUT2D eigenvalue weighted by atomic mass is 32.2. The maximum atomic E-state index is 12.6. The second-order valence-electron chi connectivity index (χ2n) is 6.29. The van der Waals surface area contributed by atoms with Crippen molar-refractivity contribution in [2.45, 2.75) is 6.04 Å². The number of nitrogens with zero attached hydrogens (tertiary/aromatic N) is 4. The number of amides is 2.